The van der Waals surface area contributed by atoms with E-state index in [0.717, 1.165) is 16.5 Å². The van der Waals surface area contributed by atoms with E-state index in [0.29, 0.717) is 6.01 Å². The second-order valence-corrected chi connectivity index (χ2v) is 5.61. The fourth-order valence-electron chi connectivity index (χ4n) is 2.71. The van der Waals surface area contributed by atoms with E-state index < -0.39 is 0 Å². The van der Waals surface area contributed by atoms with Gasteiger partial charge >= 0.3 is 0 Å². The largest absolute Gasteiger partial charge is 0.423 e. The molecule has 0 unspecified atom stereocenters. The quantitative estimate of drug-likeness (QED) is 0.534. The van der Waals surface area contributed by atoms with E-state index in [1.807, 2.05) is 31.1 Å². The summed E-state index contributed by atoms with van der Waals surface area (Å²) in [5, 5.41) is 2.29. The zero-order valence-electron chi connectivity index (χ0n) is 12.6. The minimum atomic E-state index is 0.634. The molecular formula is C19H16N2O. The van der Waals surface area contributed by atoms with Gasteiger partial charge in [-0.25, -0.2) is 0 Å². The second-order valence-electron chi connectivity index (χ2n) is 5.61. The van der Waals surface area contributed by atoms with Crippen LogP contribution in [-0.4, -0.2) is 19.1 Å². The summed E-state index contributed by atoms with van der Waals surface area (Å²) < 4.78 is 5.77. The number of benzene rings is 3. The number of rotatable bonds is 2. The highest BCUT2D eigenvalue weighted by molar-refractivity contribution is 6.05. The number of aromatic nitrogens is 1. The Labute approximate surface area is 128 Å². The van der Waals surface area contributed by atoms with Crippen LogP contribution >= 0.6 is 0 Å². The maximum absolute atomic E-state index is 5.77. The smallest absolute Gasteiger partial charge is 0.297 e. The number of hydrogen-bond acceptors (Lipinski definition) is 3. The van der Waals surface area contributed by atoms with Gasteiger partial charge in [-0.3, -0.25) is 0 Å². The highest BCUT2D eigenvalue weighted by Gasteiger charge is 2.11. The summed E-state index contributed by atoms with van der Waals surface area (Å²) in [6, 6.07) is 21.6. The second kappa shape index (κ2) is 4.88. The Morgan fingerprint density at radius 1 is 0.864 bits per heavy atom. The van der Waals surface area contributed by atoms with Gasteiger partial charge in [0.25, 0.3) is 6.01 Å². The van der Waals surface area contributed by atoms with Crippen molar-refractivity contribution in [2.45, 2.75) is 0 Å². The molecule has 0 bridgehead atoms. The van der Waals surface area contributed by atoms with Crippen molar-refractivity contribution in [1.82, 2.24) is 4.98 Å². The molecule has 1 aromatic heterocycles. The topological polar surface area (TPSA) is 29.3 Å². The summed E-state index contributed by atoms with van der Waals surface area (Å²) in [5.74, 6) is 0. The van der Waals surface area contributed by atoms with E-state index in [1.165, 1.54) is 16.5 Å². The molecule has 3 heteroatoms. The standard InChI is InChI=1S/C19H16N2O/c1-21(2)19-20-18-16-10-8-14(13-6-4-3-5-7-13)12-15(16)9-11-17(18)22-19/h3-12H,1-2H3. The third kappa shape index (κ3) is 2.02. The van der Waals surface area contributed by atoms with Crippen molar-refractivity contribution < 1.29 is 4.42 Å². The Balaban J connectivity index is 1.93. The first-order valence-corrected chi connectivity index (χ1v) is 7.28. The molecular weight excluding hydrogens is 272 g/mol. The van der Waals surface area contributed by atoms with Crippen LogP contribution in [0.2, 0.25) is 0 Å². The maximum Gasteiger partial charge on any atom is 0.297 e. The third-order valence-corrected chi connectivity index (χ3v) is 3.85. The minimum Gasteiger partial charge on any atom is -0.423 e. The number of hydrogen-bond donors (Lipinski definition) is 0. The van der Waals surface area contributed by atoms with Crippen LogP contribution in [0.4, 0.5) is 6.01 Å². The normalized spacial score (nSPS) is 11.2. The molecule has 3 aromatic carbocycles. The van der Waals surface area contributed by atoms with Gasteiger partial charge in [-0.15, -0.1) is 0 Å². The molecule has 0 N–H and O–H groups in total. The summed E-state index contributed by atoms with van der Waals surface area (Å²) >= 11 is 0. The first kappa shape index (κ1) is 12.9. The van der Waals surface area contributed by atoms with Crippen molar-refractivity contribution in [1.29, 1.82) is 0 Å². The Kier molecular flexibility index (Phi) is 2.86. The van der Waals surface area contributed by atoms with Gasteiger partial charge in [0.05, 0.1) is 0 Å². The Bertz CT molecular complexity index is 955. The van der Waals surface area contributed by atoms with E-state index >= 15 is 0 Å². The van der Waals surface area contributed by atoms with Crippen molar-refractivity contribution >= 4 is 27.9 Å². The lowest BCUT2D eigenvalue weighted by Crippen LogP contribution is -2.08. The fraction of sp³-hybridized carbons (Fsp3) is 0.105. The van der Waals surface area contributed by atoms with Crippen LogP contribution in [0.1, 0.15) is 0 Å². The van der Waals surface area contributed by atoms with Crippen molar-refractivity contribution in [3.8, 4) is 11.1 Å². The van der Waals surface area contributed by atoms with Crippen LogP contribution in [0.15, 0.2) is 65.1 Å². The molecule has 0 amide bonds. The highest BCUT2D eigenvalue weighted by atomic mass is 16.4. The lowest BCUT2D eigenvalue weighted by molar-refractivity contribution is 0.597. The molecule has 0 spiro atoms. The Morgan fingerprint density at radius 2 is 1.68 bits per heavy atom. The van der Waals surface area contributed by atoms with Crippen LogP contribution in [0, 0.1) is 0 Å². The molecule has 0 aliphatic carbocycles. The zero-order valence-corrected chi connectivity index (χ0v) is 12.6. The maximum atomic E-state index is 5.77. The van der Waals surface area contributed by atoms with Gasteiger partial charge in [-0.1, -0.05) is 48.5 Å². The van der Waals surface area contributed by atoms with Crippen LogP contribution in [0.5, 0.6) is 0 Å². The van der Waals surface area contributed by atoms with Crippen LogP contribution in [0.3, 0.4) is 0 Å². The highest BCUT2D eigenvalue weighted by Crippen LogP contribution is 2.31. The zero-order chi connectivity index (χ0) is 15.1. The molecule has 0 radical (unpaired) electrons. The molecule has 0 atom stereocenters. The number of fused-ring (bicyclic) bond motifs is 3. The number of nitrogens with zero attached hydrogens (tertiary/aromatic N) is 2. The van der Waals surface area contributed by atoms with Crippen LogP contribution in [-0.2, 0) is 0 Å². The molecule has 0 saturated heterocycles. The third-order valence-electron chi connectivity index (χ3n) is 3.85. The SMILES string of the molecule is CN(C)c1nc2c(ccc3cc(-c4ccccc4)ccc32)o1. The first-order valence-electron chi connectivity index (χ1n) is 7.28. The molecule has 0 fully saturated rings. The number of oxazole rings is 1. The summed E-state index contributed by atoms with van der Waals surface area (Å²) in [6.07, 6.45) is 0. The molecule has 3 nitrogen and oxygen atoms in total. The van der Waals surface area contributed by atoms with E-state index in [4.69, 9.17) is 4.42 Å². The first-order chi connectivity index (χ1) is 10.7. The van der Waals surface area contributed by atoms with Crippen molar-refractivity contribution in [2.75, 3.05) is 19.0 Å². The van der Waals surface area contributed by atoms with Crippen molar-refractivity contribution in [3.63, 3.8) is 0 Å². The van der Waals surface area contributed by atoms with E-state index in [9.17, 15) is 0 Å². The molecule has 0 saturated carbocycles. The van der Waals surface area contributed by atoms with Gasteiger partial charge in [0.15, 0.2) is 5.58 Å². The molecule has 4 rings (SSSR count). The van der Waals surface area contributed by atoms with Gasteiger partial charge in [0.2, 0.25) is 0 Å². The Hall–Kier alpha value is -2.81. The molecule has 1 heterocycles. The van der Waals surface area contributed by atoms with Gasteiger partial charge < -0.3 is 9.32 Å². The average molecular weight is 288 g/mol. The molecule has 4 aromatic rings. The summed E-state index contributed by atoms with van der Waals surface area (Å²) in [4.78, 5) is 6.48. The van der Waals surface area contributed by atoms with Crippen molar-refractivity contribution in [2.24, 2.45) is 0 Å². The lowest BCUT2D eigenvalue weighted by Gasteiger charge is -2.04. The van der Waals surface area contributed by atoms with Gasteiger partial charge in [0, 0.05) is 19.5 Å². The predicted octanol–water partition coefficient (Wildman–Crippen LogP) is 4.71. The van der Waals surface area contributed by atoms with Gasteiger partial charge in [-0.2, -0.15) is 4.98 Å². The van der Waals surface area contributed by atoms with E-state index in [2.05, 4.69) is 53.5 Å². The van der Waals surface area contributed by atoms with Crippen LogP contribution < -0.4 is 4.90 Å². The average Bonchev–Trinajstić information content (AvgIpc) is 3.00. The van der Waals surface area contributed by atoms with E-state index in [-0.39, 0.29) is 0 Å². The minimum absolute atomic E-state index is 0.634. The van der Waals surface area contributed by atoms with Gasteiger partial charge in [-0.05, 0) is 28.6 Å². The molecule has 108 valence electrons. The summed E-state index contributed by atoms with van der Waals surface area (Å²) in [5.41, 5.74) is 4.17. The van der Waals surface area contributed by atoms with Crippen LogP contribution in [0.25, 0.3) is 33.0 Å². The fourth-order valence-corrected chi connectivity index (χ4v) is 2.71. The molecule has 0 aliphatic rings. The van der Waals surface area contributed by atoms with Gasteiger partial charge in [0.1, 0.15) is 5.52 Å². The molecule has 0 aliphatic heterocycles. The van der Waals surface area contributed by atoms with Crippen molar-refractivity contribution in [3.05, 3.63) is 60.7 Å². The predicted molar refractivity (Wildman–Crippen MR) is 91.3 cm³/mol. The monoisotopic (exact) mass is 288 g/mol. The summed E-state index contributed by atoms with van der Waals surface area (Å²) in [7, 11) is 3.86. The molecule has 22 heavy (non-hydrogen) atoms. The lowest BCUT2D eigenvalue weighted by atomic mass is 10.0. The Morgan fingerprint density at radius 3 is 2.45 bits per heavy atom. The number of anilines is 1. The summed E-state index contributed by atoms with van der Waals surface area (Å²) in [6.45, 7) is 0. The van der Waals surface area contributed by atoms with E-state index in [1.54, 1.807) is 0 Å².